The highest BCUT2D eigenvalue weighted by molar-refractivity contribution is 5.97. The van der Waals surface area contributed by atoms with Gasteiger partial charge < -0.3 is 10.0 Å². The number of carboxylic acid groups (broad SMARTS) is 1. The van der Waals surface area contributed by atoms with Crippen LogP contribution in [0.25, 0.3) is 0 Å². The molecule has 0 bridgehead atoms. The summed E-state index contributed by atoms with van der Waals surface area (Å²) in [6.45, 7) is 1.29. The van der Waals surface area contributed by atoms with Crippen molar-refractivity contribution >= 4 is 11.9 Å². The fourth-order valence-corrected chi connectivity index (χ4v) is 1.96. The normalized spacial score (nSPS) is 15.8. The summed E-state index contributed by atoms with van der Waals surface area (Å²) in [6, 6.07) is -0.737. The molecule has 0 aromatic heterocycles. The van der Waals surface area contributed by atoms with Gasteiger partial charge in [0.2, 0.25) is 0 Å². The summed E-state index contributed by atoms with van der Waals surface area (Å²) in [5, 5.41) is 8.97. The molecule has 1 fully saturated rings. The molecular formula is C13H12F3NO3. The van der Waals surface area contributed by atoms with Crippen molar-refractivity contribution in [2.45, 2.75) is 31.8 Å². The van der Waals surface area contributed by atoms with E-state index >= 15 is 0 Å². The van der Waals surface area contributed by atoms with Crippen molar-refractivity contribution in [3.8, 4) is 0 Å². The molecule has 108 valence electrons. The third kappa shape index (κ3) is 2.61. The van der Waals surface area contributed by atoms with E-state index in [1.165, 1.54) is 6.92 Å². The molecule has 0 spiro atoms. The Bertz CT molecular complexity index is 572. The number of carboxylic acids is 1. The van der Waals surface area contributed by atoms with Gasteiger partial charge in [0, 0.05) is 12.1 Å². The van der Waals surface area contributed by atoms with Gasteiger partial charge in [-0.15, -0.1) is 0 Å². The van der Waals surface area contributed by atoms with Crippen LogP contribution in [0.1, 0.15) is 30.1 Å². The van der Waals surface area contributed by atoms with Crippen molar-refractivity contribution in [1.29, 1.82) is 0 Å². The number of carbonyl (C=O) groups is 2. The van der Waals surface area contributed by atoms with E-state index in [-0.39, 0.29) is 12.1 Å². The molecule has 1 N–H and O–H groups in total. The SMILES string of the molecule is CC(C(=O)O)N(C(=O)c1cc(F)c(F)cc1F)C1CC1. The maximum Gasteiger partial charge on any atom is 0.326 e. The molecule has 0 heterocycles. The molecule has 20 heavy (non-hydrogen) atoms. The van der Waals surface area contributed by atoms with Gasteiger partial charge in [-0.05, 0) is 25.8 Å². The lowest BCUT2D eigenvalue weighted by Crippen LogP contribution is -2.45. The molecule has 0 aliphatic heterocycles. The van der Waals surface area contributed by atoms with Crippen molar-refractivity contribution in [3.05, 3.63) is 35.1 Å². The molecule has 0 radical (unpaired) electrons. The van der Waals surface area contributed by atoms with Gasteiger partial charge in [0.25, 0.3) is 5.91 Å². The van der Waals surface area contributed by atoms with Crippen LogP contribution in [-0.4, -0.2) is 34.0 Å². The van der Waals surface area contributed by atoms with Crippen LogP contribution in [0.5, 0.6) is 0 Å². The zero-order chi connectivity index (χ0) is 15.0. The van der Waals surface area contributed by atoms with E-state index in [0.29, 0.717) is 18.9 Å². The van der Waals surface area contributed by atoms with E-state index in [2.05, 4.69) is 0 Å². The Balaban J connectivity index is 2.37. The molecule has 1 aliphatic rings. The van der Waals surface area contributed by atoms with Crippen molar-refractivity contribution in [3.63, 3.8) is 0 Å². The third-order valence-electron chi connectivity index (χ3n) is 3.19. The Labute approximate surface area is 112 Å². The third-order valence-corrected chi connectivity index (χ3v) is 3.19. The largest absolute Gasteiger partial charge is 0.480 e. The maximum absolute atomic E-state index is 13.6. The van der Waals surface area contributed by atoms with Crippen LogP contribution in [0.2, 0.25) is 0 Å². The molecule has 1 atom stereocenters. The molecular weight excluding hydrogens is 275 g/mol. The van der Waals surface area contributed by atoms with E-state index in [4.69, 9.17) is 5.11 Å². The Kier molecular flexibility index (Phi) is 3.69. The van der Waals surface area contributed by atoms with Crippen LogP contribution >= 0.6 is 0 Å². The molecule has 7 heteroatoms. The first-order valence-corrected chi connectivity index (χ1v) is 6.03. The van der Waals surface area contributed by atoms with Crippen molar-refractivity contribution in [2.75, 3.05) is 0 Å². The highest BCUT2D eigenvalue weighted by Crippen LogP contribution is 2.31. The number of rotatable bonds is 4. The Hall–Kier alpha value is -2.05. The minimum Gasteiger partial charge on any atom is -0.480 e. The van der Waals surface area contributed by atoms with Gasteiger partial charge in [0.1, 0.15) is 11.9 Å². The summed E-state index contributed by atoms with van der Waals surface area (Å²) in [6.07, 6.45) is 1.21. The average molecular weight is 287 g/mol. The molecule has 0 saturated heterocycles. The van der Waals surface area contributed by atoms with Crippen LogP contribution in [0.3, 0.4) is 0 Å². The number of nitrogens with zero attached hydrogens (tertiary/aromatic N) is 1. The topological polar surface area (TPSA) is 57.6 Å². The maximum atomic E-state index is 13.6. The first-order chi connectivity index (χ1) is 9.32. The van der Waals surface area contributed by atoms with Gasteiger partial charge in [-0.25, -0.2) is 18.0 Å². The van der Waals surface area contributed by atoms with Crippen LogP contribution < -0.4 is 0 Å². The number of benzene rings is 1. The molecule has 1 aromatic rings. The van der Waals surface area contributed by atoms with Crippen LogP contribution in [0, 0.1) is 17.5 Å². The number of aliphatic carboxylic acids is 1. The van der Waals surface area contributed by atoms with E-state index in [0.717, 1.165) is 4.90 Å². The molecule has 1 amide bonds. The summed E-state index contributed by atoms with van der Waals surface area (Å²) in [7, 11) is 0. The van der Waals surface area contributed by atoms with Gasteiger partial charge in [-0.1, -0.05) is 0 Å². The highest BCUT2D eigenvalue weighted by Gasteiger charge is 2.39. The summed E-state index contributed by atoms with van der Waals surface area (Å²) in [4.78, 5) is 24.2. The quantitative estimate of drug-likeness (QED) is 0.864. The number of hydrogen-bond acceptors (Lipinski definition) is 2. The molecule has 2 rings (SSSR count). The molecule has 1 saturated carbocycles. The second kappa shape index (κ2) is 5.15. The first kappa shape index (κ1) is 14.4. The van der Waals surface area contributed by atoms with E-state index in [1.807, 2.05) is 0 Å². The number of carbonyl (C=O) groups excluding carboxylic acids is 1. The lowest BCUT2D eigenvalue weighted by Gasteiger charge is -2.26. The monoisotopic (exact) mass is 287 g/mol. The van der Waals surface area contributed by atoms with Crippen molar-refractivity contribution < 1.29 is 27.9 Å². The zero-order valence-corrected chi connectivity index (χ0v) is 10.6. The zero-order valence-electron chi connectivity index (χ0n) is 10.6. The van der Waals surface area contributed by atoms with Crippen molar-refractivity contribution in [2.24, 2.45) is 0 Å². The summed E-state index contributed by atoms with van der Waals surface area (Å²) in [5.74, 6) is -6.15. The highest BCUT2D eigenvalue weighted by atomic mass is 19.2. The lowest BCUT2D eigenvalue weighted by molar-refractivity contribution is -0.141. The molecule has 1 aliphatic carbocycles. The van der Waals surface area contributed by atoms with Gasteiger partial charge in [0.15, 0.2) is 11.6 Å². The van der Waals surface area contributed by atoms with Gasteiger partial charge >= 0.3 is 5.97 Å². The van der Waals surface area contributed by atoms with Crippen LogP contribution in [0.4, 0.5) is 13.2 Å². The summed E-state index contributed by atoms with van der Waals surface area (Å²) in [5.41, 5.74) is -0.663. The number of hydrogen-bond donors (Lipinski definition) is 1. The molecule has 1 unspecified atom stereocenters. The second-order valence-corrected chi connectivity index (χ2v) is 4.70. The Morgan fingerprint density at radius 1 is 1.20 bits per heavy atom. The average Bonchev–Trinajstić information content (AvgIpc) is 3.18. The number of amides is 1. The van der Waals surface area contributed by atoms with E-state index in [9.17, 15) is 22.8 Å². The molecule has 4 nitrogen and oxygen atoms in total. The molecule has 1 aromatic carbocycles. The fraction of sp³-hybridized carbons (Fsp3) is 0.385. The fourth-order valence-electron chi connectivity index (χ4n) is 1.96. The predicted octanol–water partition coefficient (Wildman–Crippen LogP) is 2.18. The Morgan fingerprint density at radius 3 is 2.25 bits per heavy atom. The summed E-state index contributed by atoms with van der Waals surface area (Å²) < 4.78 is 39.6. The summed E-state index contributed by atoms with van der Waals surface area (Å²) >= 11 is 0. The van der Waals surface area contributed by atoms with Crippen molar-refractivity contribution in [1.82, 2.24) is 4.90 Å². The van der Waals surface area contributed by atoms with Gasteiger partial charge in [-0.3, -0.25) is 4.79 Å². The standard InChI is InChI=1S/C13H12F3NO3/c1-6(13(19)20)17(7-2-3-7)12(18)8-4-10(15)11(16)5-9(8)14/h4-7H,2-3H2,1H3,(H,19,20). The lowest BCUT2D eigenvalue weighted by atomic mass is 10.1. The predicted molar refractivity (Wildman–Crippen MR) is 62.6 cm³/mol. The van der Waals surface area contributed by atoms with Gasteiger partial charge in [0.05, 0.1) is 5.56 Å². The second-order valence-electron chi connectivity index (χ2n) is 4.70. The Morgan fingerprint density at radius 2 is 1.75 bits per heavy atom. The minimum atomic E-state index is -1.40. The number of halogens is 3. The van der Waals surface area contributed by atoms with Gasteiger partial charge in [-0.2, -0.15) is 0 Å². The van der Waals surface area contributed by atoms with E-state index in [1.54, 1.807) is 0 Å². The smallest absolute Gasteiger partial charge is 0.326 e. The minimum absolute atomic E-state index is 0.277. The van der Waals surface area contributed by atoms with Crippen LogP contribution in [-0.2, 0) is 4.79 Å². The van der Waals surface area contributed by atoms with Crippen LogP contribution in [0.15, 0.2) is 12.1 Å². The van der Waals surface area contributed by atoms with E-state index < -0.39 is 40.9 Å². The first-order valence-electron chi connectivity index (χ1n) is 6.03.